The van der Waals surface area contributed by atoms with E-state index in [1.807, 2.05) is 0 Å². The van der Waals surface area contributed by atoms with Crippen molar-refractivity contribution in [1.29, 1.82) is 0 Å². The smallest absolute Gasteiger partial charge is 0.0207 e. The summed E-state index contributed by atoms with van der Waals surface area (Å²) >= 11 is 0. The van der Waals surface area contributed by atoms with Gasteiger partial charge in [0.05, 0.1) is 0 Å². The third-order valence-corrected chi connectivity index (χ3v) is 6.35. The third-order valence-electron chi connectivity index (χ3n) is 6.35. The van der Waals surface area contributed by atoms with Gasteiger partial charge in [-0.3, -0.25) is 0 Å². The van der Waals surface area contributed by atoms with Crippen molar-refractivity contribution in [2.75, 3.05) is 0 Å². The summed E-state index contributed by atoms with van der Waals surface area (Å²) in [4.78, 5) is 0. The second-order valence-corrected chi connectivity index (χ2v) is 7.73. The summed E-state index contributed by atoms with van der Waals surface area (Å²) in [6, 6.07) is 0. The molecule has 5 unspecified atom stereocenters. The van der Waals surface area contributed by atoms with Crippen molar-refractivity contribution >= 4 is 0 Å². The maximum absolute atomic E-state index is 2.53. The molecule has 0 radical (unpaired) electrons. The molecule has 2 rings (SSSR count). The average molecular weight is 236 g/mol. The van der Waals surface area contributed by atoms with Gasteiger partial charge >= 0.3 is 0 Å². The highest BCUT2D eigenvalue weighted by Crippen LogP contribution is 2.75. The van der Waals surface area contributed by atoms with Gasteiger partial charge in [0, 0.05) is 0 Å². The van der Waals surface area contributed by atoms with Crippen LogP contribution in [0.4, 0.5) is 0 Å². The first-order valence-electron chi connectivity index (χ1n) is 7.91. The molecule has 0 bridgehead atoms. The SMILES string of the molecule is CC(C)C(C)CCC12C(C)CCC1C2C(C)C. The highest BCUT2D eigenvalue weighted by Gasteiger charge is 2.69. The molecule has 0 nitrogen and oxygen atoms in total. The molecule has 0 aliphatic heterocycles. The Morgan fingerprint density at radius 3 is 2.18 bits per heavy atom. The number of rotatable bonds is 5. The van der Waals surface area contributed by atoms with E-state index in [4.69, 9.17) is 0 Å². The Balaban J connectivity index is 1.98. The van der Waals surface area contributed by atoms with Crippen LogP contribution in [0, 0.1) is 40.9 Å². The molecule has 0 aromatic carbocycles. The lowest BCUT2D eigenvalue weighted by molar-refractivity contribution is 0.233. The van der Waals surface area contributed by atoms with Crippen LogP contribution in [0.5, 0.6) is 0 Å². The summed E-state index contributed by atoms with van der Waals surface area (Å²) in [5.74, 6) is 5.84. The molecule has 0 aromatic rings. The van der Waals surface area contributed by atoms with E-state index in [9.17, 15) is 0 Å². The Hall–Kier alpha value is 0. The van der Waals surface area contributed by atoms with Gasteiger partial charge in [-0.2, -0.15) is 0 Å². The molecule has 100 valence electrons. The van der Waals surface area contributed by atoms with Crippen molar-refractivity contribution in [3.8, 4) is 0 Å². The quantitative estimate of drug-likeness (QED) is 0.601. The Bertz CT molecular complexity index is 265. The van der Waals surface area contributed by atoms with E-state index in [-0.39, 0.29) is 0 Å². The van der Waals surface area contributed by atoms with Gasteiger partial charge < -0.3 is 0 Å². The van der Waals surface area contributed by atoms with E-state index < -0.39 is 0 Å². The van der Waals surface area contributed by atoms with Gasteiger partial charge in [-0.1, -0.05) is 41.5 Å². The van der Waals surface area contributed by atoms with Crippen LogP contribution in [-0.2, 0) is 0 Å². The fraction of sp³-hybridized carbons (Fsp3) is 1.00. The van der Waals surface area contributed by atoms with Crippen LogP contribution in [0.25, 0.3) is 0 Å². The molecular weight excluding hydrogens is 204 g/mol. The van der Waals surface area contributed by atoms with Gasteiger partial charge in [0.2, 0.25) is 0 Å². The summed E-state index contributed by atoms with van der Waals surface area (Å²) in [5.41, 5.74) is 0.775. The minimum atomic E-state index is 0.775. The average Bonchev–Trinajstić information content (AvgIpc) is 2.81. The summed E-state index contributed by atoms with van der Waals surface area (Å²) in [7, 11) is 0. The van der Waals surface area contributed by atoms with Gasteiger partial charge in [0.15, 0.2) is 0 Å². The zero-order valence-electron chi connectivity index (χ0n) is 12.8. The van der Waals surface area contributed by atoms with Crippen molar-refractivity contribution < 1.29 is 0 Å². The van der Waals surface area contributed by atoms with Gasteiger partial charge in [-0.25, -0.2) is 0 Å². The maximum Gasteiger partial charge on any atom is -0.0207 e. The van der Waals surface area contributed by atoms with E-state index in [2.05, 4.69) is 41.5 Å². The fourth-order valence-corrected chi connectivity index (χ4v) is 4.91. The molecule has 17 heavy (non-hydrogen) atoms. The van der Waals surface area contributed by atoms with Crippen LogP contribution >= 0.6 is 0 Å². The molecule has 0 heterocycles. The van der Waals surface area contributed by atoms with Gasteiger partial charge in [0.1, 0.15) is 0 Å². The lowest BCUT2D eigenvalue weighted by Gasteiger charge is -2.26. The van der Waals surface area contributed by atoms with Gasteiger partial charge in [-0.05, 0) is 66.6 Å². The molecule has 0 amide bonds. The summed E-state index contributed by atoms with van der Waals surface area (Å²) in [6.45, 7) is 14.6. The predicted octanol–water partition coefficient (Wildman–Crippen LogP) is 5.38. The largest absolute Gasteiger partial charge is 0.0625 e. The Labute approximate surface area is 109 Å². The summed E-state index contributed by atoms with van der Waals surface area (Å²) in [6.07, 6.45) is 6.01. The van der Waals surface area contributed by atoms with Crippen LogP contribution in [0.15, 0.2) is 0 Å². The highest BCUT2D eigenvalue weighted by atomic mass is 14.7. The standard InChI is InChI=1S/C17H32/c1-11(2)13(5)9-10-17-14(6)7-8-15(17)16(17)12(3)4/h11-16H,7-10H2,1-6H3. The van der Waals surface area contributed by atoms with Crippen molar-refractivity contribution in [1.82, 2.24) is 0 Å². The molecule has 5 atom stereocenters. The molecule has 2 saturated carbocycles. The summed E-state index contributed by atoms with van der Waals surface area (Å²) in [5, 5.41) is 0. The molecular formula is C17H32. The van der Waals surface area contributed by atoms with Crippen LogP contribution in [0.2, 0.25) is 0 Å². The lowest BCUT2D eigenvalue weighted by atomic mass is 9.79. The van der Waals surface area contributed by atoms with E-state index >= 15 is 0 Å². The minimum absolute atomic E-state index is 0.775. The highest BCUT2D eigenvalue weighted by molar-refractivity contribution is 5.17. The lowest BCUT2D eigenvalue weighted by Crippen LogP contribution is -2.18. The van der Waals surface area contributed by atoms with Crippen molar-refractivity contribution in [2.24, 2.45) is 40.9 Å². The first kappa shape index (κ1) is 13.4. The topological polar surface area (TPSA) is 0 Å². The van der Waals surface area contributed by atoms with Crippen molar-refractivity contribution in [3.05, 3.63) is 0 Å². The van der Waals surface area contributed by atoms with E-state index in [1.165, 1.54) is 25.7 Å². The monoisotopic (exact) mass is 236 g/mol. The zero-order chi connectivity index (χ0) is 12.8. The Kier molecular flexibility index (Phi) is 3.63. The first-order valence-corrected chi connectivity index (χ1v) is 7.91. The minimum Gasteiger partial charge on any atom is -0.0625 e. The van der Waals surface area contributed by atoms with E-state index in [0.29, 0.717) is 0 Å². The number of hydrogen-bond donors (Lipinski definition) is 0. The molecule has 2 fully saturated rings. The van der Waals surface area contributed by atoms with Gasteiger partial charge in [0.25, 0.3) is 0 Å². The van der Waals surface area contributed by atoms with E-state index in [1.54, 1.807) is 0 Å². The second kappa shape index (κ2) is 4.59. The molecule has 2 aliphatic carbocycles. The normalized spacial score (nSPS) is 42.0. The van der Waals surface area contributed by atoms with E-state index in [0.717, 1.165) is 40.9 Å². The fourth-order valence-electron chi connectivity index (χ4n) is 4.91. The second-order valence-electron chi connectivity index (χ2n) is 7.73. The van der Waals surface area contributed by atoms with Gasteiger partial charge in [-0.15, -0.1) is 0 Å². The van der Waals surface area contributed by atoms with Crippen LogP contribution in [0.3, 0.4) is 0 Å². The maximum atomic E-state index is 2.53. The summed E-state index contributed by atoms with van der Waals surface area (Å²) < 4.78 is 0. The predicted molar refractivity (Wildman–Crippen MR) is 75.9 cm³/mol. The number of fused-ring (bicyclic) bond motifs is 1. The molecule has 0 heteroatoms. The third kappa shape index (κ3) is 2.06. The van der Waals surface area contributed by atoms with Crippen LogP contribution < -0.4 is 0 Å². The van der Waals surface area contributed by atoms with Crippen LogP contribution in [-0.4, -0.2) is 0 Å². The molecule has 2 aliphatic rings. The molecule has 0 spiro atoms. The molecule has 0 N–H and O–H groups in total. The Morgan fingerprint density at radius 1 is 1.06 bits per heavy atom. The molecule has 0 saturated heterocycles. The van der Waals surface area contributed by atoms with Crippen molar-refractivity contribution in [2.45, 2.75) is 67.2 Å². The zero-order valence-corrected chi connectivity index (χ0v) is 12.8. The number of hydrogen-bond acceptors (Lipinski definition) is 0. The Morgan fingerprint density at radius 2 is 1.71 bits per heavy atom. The molecule has 0 aromatic heterocycles. The van der Waals surface area contributed by atoms with Crippen molar-refractivity contribution in [3.63, 3.8) is 0 Å². The first-order chi connectivity index (χ1) is 7.91. The van der Waals surface area contributed by atoms with Crippen LogP contribution in [0.1, 0.15) is 67.2 Å².